The lowest BCUT2D eigenvalue weighted by Crippen LogP contribution is -2.18. The summed E-state index contributed by atoms with van der Waals surface area (Å²) < 4.78 is 7.07. The molecule has 3 rings (SSSR count). The van der Waals surface area contributed by atoms with Gasteiger partial charge in [0.05, 0.1) is 25.5 Å². The third kappa shape index (κ3) is 4.95. The summed E-state index contributed by atoms with van der Waals surface area (Å²) >= 11 is 11.2. The standard InChI is InChI=1S/C18H17ClN4OS/c1-24-17-4-2-3-13(9-17)11-23-12-16(10-20-23)22-18(25)21-15-7-5-14(19)6-8-15/h2-10,12H,11H2,1H3,(H2,21,22,25). The third-order valence-corrected chi connectivity index (χ3v) is 3.93. The van der Waals surface area contributed by atoms with Crippen LogP contribution < -0.4 is 15.4 Å². The molecule has 0 radical (unpaired) electrons. The fraction of sp³-hybridized carbons (Fsp3) is 0.111. The molecule has 0 aliphatic carbocycles. The number of rotatable bonds is 5. The van der Waals surface area contributed by atoms with Crippen molar-refractivity contribution < 1.29 is 4.74 Å². The van der Waals surface area contributed by atoms with E-state index >= 15 is 0 Å². The fourth-order valence-electron chi connectivity index (χ4n) is 2.30. The van der Waals surface area contributed by atoms with Crippen molar-refractivity contribution in [1.82, 2.24) is 9.78 Å². The first-order valence-corrected chi connectivity index (χ1v) is 8.40. The Hall–Kier alpha value is -2.57. The minimum absolute atomic E-state index is 0.489. The van der Waals surface area contributed by atoms with Gasteiger partial charge in [-0.15, -0.1) is 0 Å². The topological polar surface area (TPSA) is 51.1 Å². The van der Waals surface area contributed by atoms with Crippen LogP contribution >= 0.6 is 23.8 Å². The van der Waals surface area contributed by atoms with Crippen molar-refractivity contribution in [1.29, 1.82) is 0 Å². The van der Waals surface area contributed by atoms with E-state index < -0.39 is 0 Å². The van der Waals surface area contributed by atoms with Crippen molar-refractivity contribution in [3.63, 3.8) is 0 Å². The average molecular weight is 373 g/mol. The fourth-order valence-corrected chi connectivity index (χ4v) is 2.66. The molecule has 0 atom stereocenters. The Labute approximate surface area is 156 Å². The van der Waals surface area contributed by atoms with Crippen molar-refractivity contribution in [2.75, 3.05) is 17.7 Å². The van der Waals surface area contributed by atoms with Gasteiger partial charge in [-0.2, -0.15) is 5.10 Å². The first kappa shape index (κ1) is 17.3. The molecule has 1 heterocycles. The Kier molecular flexibility index (Phi) is 5.53. The summed E-state index contributed by atoms with van der Waals surface area (Å²) in [5.41, 5.74) is 2.79. The highest BCUT2D eigenvalue weighted by Gasteiger charge is 2.04. The molecule has 0 spiro atoms. The number of nitrogens with zero attached hydrogens (tertiary/aromatic N) is 2. The highest BCUT2D eigenvalue weighted by Crippen LogP contribution is 2.16. The number of hydrogen-bond acceptors (Lipinski definition) is 3. The number of methoxy groups -OCH3 is 1. The molecule has 0 fully saturated rings. The second kappa shape index (κ2) is 8.00. The van der Waals surface area contributed by atoms with Gasteiger partial charge in [0.1, 0.15) is 5.75 Å². The molecule has 25 heavy (non-hydrogen) atoms. The van der Waals surface area contributed by atoms with Crippen LogP contribution in [0.15, 0.2) is 60.9 Å². The molecule has 1 aromatic heterocycles. The number of benzene rings is 2. The lowest BCUT2D eigenvalue weighted by Gasteiger charge is -2.08. The largest absolute Gasteiger partial charge is 0.497 e. The molecular weight excluding hydrogens is 356 g/mol. The summed E-state index contributed by atoms with van der Waals surface area (Å²) in [5.74, 6) is 0.830. The minimum Gasteiger partial charge on any atom is -0.497 e. The van der Waals surface area contributed by atoms with Crippen molar-refractivity contribution in [3.8, 4) is 5.75 Å². The first-order chi connectivity index (χ1) is 12.1. The molecule has 0 saturated heterocycles. The van der Waals surface area contributed by atoms with Gasteiger partial charge in [-0.25, -0.2) is 0 Å². The number of hydrogen-bond donors (Lipinski definition) is 2. The lowest BCUT2D eigenvalue weighted by atomic mass is 10.2. The number of ether oxygens (including phenoxy) is 1. The first-order valence-electron chi connectivity index (χ1n) is 7.61. The number of aromatic nitrogens is 2. The Morgan fingerprint density at radius 3 is 2.68 bits per heavy atom. The molecule has 3 aromatic rings. The average Bonchev–Trinajstić information content (AvgIpc) is 3.04. The van der Waals surface area contributed by atoms with E-state index in [0.29, 0.717) is 16.7 Å². The van der Waals surface area contributed by atoms with Gasteiger partial charge in [0.2, 0.25) is 0 Å². The van der Waals surface area contributed by atoms with Gasteiger partial charge >= 0.3 is 0 Å². The van der Waals surface area contributed by atoms with Crippen LogP contribution in [-0.2, 0) is 6.54 Å². The molecule has 128 valence electrons. The number of anilines is 2. The van der Waals surface area contributed by atoms with Crippen LogP contribution in [-0.4, -0.2) is 22.0 Å². The quantitative estimate of drug-likeness (QED) is 0.650. The smallest absolute Gasteiger partial charge is 0.175 e. The van der Waals surface area contributed by atoms with Gasteiger partial charge in [0.15, 0.2) is 5.11 Å². The predicted octanol–water partition coefficient (Wildman–Crippen LogP) is 4.40. The Balaban J connectivity index is 1.59. The van der Waals surface area contributed by atoms with Crippen LogP contribution in [0.1, 0.15) is 5.56 Å². The van der Waals surface area contributed by atoms with Gasteiger partial charge in [-0.1, -0.05) is 23.7 Å². The van der Waals surface area contributed by atoms with Crippen LogP contribution in [0.25, 0.3) is 0 Å². The summed E-state index contributed by atoms with van der Waals surface area (Å²) in [4.78, 5) is 0. The minimum atomic E-state index is 0.489. The van der Waals surface area contributed by atoms with Gasteiger partial charge in [-0.3, -0.25) is 4.68 Å². The zero-order chi connectivity index (χ0) is 17.6. The second-order valence-corrected chi connectivity index (χ2v) is 6.21. The molecule has 0 unspecified atom stereocenters. The Morgan fingerprint density at radius 2 is 1.92 bits per heavy atom. The van der Waals surface area contributed by atoms with Crippen molar-refractivity contribution in [3.05, 3.63) is 71.5 Å². The second-order valence-electron chi connectivity index (χ2n) is 5.36. The number of halogens is 1. The molecule has 5 nitrogen and oxygen atoms in total. The van der Waals surface area contributed by atoms with E-state index in [9.17, 15) is 0 Å². The predicted molar refractivity (Wildman–Crippen MR) is 106 cm³/mol. The maximum atomic E-state index is 5.87. The summed E-state index contributed by atoms with van der Waals surface area (Å²) in [6.07, 6.45) is 3.63. The van der Waals surface area contributed by atoms with Crippen LogP contribution in [0.3, 0.4) is 0 Å². The maximum Gasteiger partial charge on any atom is 0.175 e. The molecule has 0 amide bonds. The lowest BCUT2D eigenvalue weighted by molar-refractivity contribution is 0.414. The van der Waals surface area contributed by atoms with E-state index in [1.807, 2.05) is 47.3 Å². The molecule has 0 aliphatic heterocycles. The van der Waals surface area contributed by atoms with Crippen LogP contribution in [0.4, 0.5) is 11.4 Å². The number of thiocarbonyl (C=S) groups is 1. The monoisotopic (exact) mass is 372 g/mol. The van der Waals surface area contributed by atoms with E-state index in [1.54, 1.807) is 25.4 Å². The van der Waals surface area contributed by atoms with Gasteiger partial charge in [-0.05, 0) is 54.2 Å². The van der Waals surface area contributed by atoms with Crippen molar-refractivity contribution in [2.24, 2.45) is 0 Å². The third-order valence-electron chi connectivity index (χ3n) is 3.47. The summed E-state index contributed by atoms with van der Waals surface area (Å²) in [6, 6.07) is 15.2. The molecule has 0 bridgehead atoms. The van der Waals surface area contributed by atoms with Gasteiger partial charge in [0.25, 0.3) is 0 Å². The Morgan fingerprint density at radius 1 is 1.16 bits per heavy atom. The van der Waals surface area contributed by atoms with E-state index in [4.69, 9.17) is 28.6 Å². The number of nitrogens with one attached hydrogen (secondary N) is 2. The molecule has 7 heteroatoms. The summed E-state index contributed by atoms with van der Waals surface area (Å²) in [7, 11) is 1.66. The van der Waals surface area contributed by atoms with Gasteiger partial charge in [0, 0.05) is 16.9 Å². The van der Waals surface area contributed by atoms with E-state index in [-0.39, 0.29) is 0 Å². The van der Waals surface area contributed by atoms with Crippen LogP contribution in [0, 0.1) is 0 Å². The van der Waals surface area contributed by atoms with Gasteiger partial charge < -0.3 is 15.4 Å². The molecular formula is C18H17ClN4OS. The van der Waals surface area contributed by atoms with E-state index in [2.05, 4.69) is 15.7 Å². The maximum absolute atomic E-state index is 5.87. The van der Waals surface area contributed by atoms with Crippen molar-refractivity contribution in [2.45, 2.75) is 6.54 Å². The van der Waals surface area contributed by atoms with Crippen molar-refractivity contribution >= 4 is 40.3 Å². The van der Waals surface area contributed by atoms with Crippen LogP contribution in [0.5, 0.6) is 5.75 Å². The summed E-state index contributed by atoms with van der Waals surface area (Å²) in [6.45, 7) is 0.649. The van der Waals surface area contributed by atoms with E-state index in [0.717, 1.165) is 22.7 Å². The molecule has 2 aromatic carbocycles. The van der Waals surface area contributed by atoms with E-state index in [1.165, 1.54) is 0 Å². The zero-order valence-corrected chi connectivity index (χ0v) is 15.1. The highest BCUT2D eigenvalue weighted by molar-refractivity contribution is 7.80. The molecule has 0 aliphatic rings. The SMILES string of the molecule is COc1cccc(Cn2cc(NC(=S)Nc3ccc(Cl)cc3)cn2)c1. The normalized spacial score (nSPS) is 10.3. The van der Waals surface area contributed by atoms with Crippen LogP contribution in [0.2, 0.25) is 5.02 Å². The molecule has 2 N–H and O–H groups in total. The molecule has 0 saturated carbocycles. The summed E-state index contributed by atoms with van der Waals surface area (Å²) in [5, 5.41) is 11.7. The Bertz CT molecular complexity index is 864. The zero-order valence-electron chi connectivity index (χ0n) is 13.6. The highest BCUT2D eigenvalue weighted by atomic mass is 35.5.